The molecule has 2 aliphatic rings. The lowest BCUT2D eigenvalue weighted by molar-refractivity contribution is -0.132. The van der Waals surface area contributed by atoms with Crippen molar-refractivity contribution in [1.29, 1.82) is 0 Å². The maximum atomic E-state index is 13.0. The molecule has 0 saturated carbocycles. The van der Waals surface area contributed by atoms with Crippen molar-refractivity contribution in [3.63, 3.8) is 0 Å². The summed E-state index contributed by atoms with van der Waals surface area (Å²) in [6.07, 6.45) is 1.44. The van der Waals surface area contributed by atoms with Crippen molar-refractivity contribution >= 4 is 29.1 Å². The molecule has 1 spiro atoms. The van der Waals surface area contributed by atoms with Crippen LogP contribution < -0.4 is 10.6 Å². The molecule has 2 aliphatic heterocycles. The van der Waals surface area contributed by atoms with E-state index in [2.05, 4.69) is 10.6 Å². The fourth-order valence-corrected chi connectivity index (χ4v) is 3.96. The molecule has 0 atom stereocenters. The number of nitrogens with one attached hydrogen (secondary N) is 2. The summed E-state index contributed by atoms with van der Waals surface area (Å²) in [5, 5.41) is 6.85. The maximum Gasteiger partial charge on any atom is 0.256 e. The number of fused-ring (bicyclic) bond motifs is 1. The van der Waals surface area contributed by atoms with E-state index in [-0.39, 0.29) is 24.1 Å². The standard InChI is InChI=1S/C20H19ClFN3O2/c21-15-2-1-3-16-18(15)19(27)24-20(23-16)8-10-25(11-9-20)17(26)12-13-4-6-14(22)7-5-13/h1-7,23H,8-12H2,(H,24,27). The summed E-state index contributed by atoms with van der Waals surface area (Å²) >= 11 is 6.14. The lowest BCUT2D eigenvalue weighted by atomic mass is 9.92. The number of rotatable bonds is 2. The number of nitrogens with zero attached hydrogens (tertiary/aromatic N) is 1. The van der Waals surface area contributed by atoms with Crippen LogP contribution in [-0.4, -0.2) is 35.5 Å². The van der Waals surface area contributed by atoms with Crippen LogP contribution in [0.1, 0.15) is 28.8 Å². The molecular formula is C20H19ClFN3O2. The van der Waals surface area contributed by atoms with Gasteiger partial charge in [0, 0.05) is 25.9 Å². The molecule has 2 heterocycles. The third-order valence-corrected chi connectivity index (χ3v) is 5.52. The SMILES string of the molecule is O=C1NC2(CCN(C(=O)Cc3ccc(F)cc3)CC2)Nc2cccc(Cl)c21. The lowest BCUT2D eigenvalue weighted by Gasteiger charge is -2.46. The fraction of sp³-hybridized carbons (Fsp3) is 0.300. The number of halogens is 2. The maximum absolute atomic E-state index is 13.0. The van der Waals surface area contributed by atoms with Gasteiger partial charge in [0.15, 0.2) is 0 Å². The molecule has 2 aromatic rings. The second kappa shape index (κ2) is 6.85. The number of likely N-dealkylation sites (tertiary alicyclic amines) is 1. The summed E-state index contributed by atoms with van der Waals surface area (Å²) < 4.78 is 13.0. The van der Waals surface area contributed by atoms with E-state index in [4.69, 9.17) is 11.6 Å². The number of piperidine rings is 1. The topological polar surface area (TPSA) is 61.4 Å². The molecule has 2 amide bonds. The lowest BCUT2D eigenvalue weighted by Crippen LogP contribution is -2.62. The first kappa shape index (κ1) is 17.8. The Labute approximate surface area is 161 Å². The van der Waals surface area contributed by atoms with Gasteiger partial charge >= 0.3 is 0 Å². The van der Waals surface area contributed by atoms with Gasteiger partial charge in [0.25, 0.3) is 5.91 Å². The Bertz CT molecular complexity index is 893. The molecule has 0 aromatic heterocycles. The van der Waals surface area contributed by atoms with Gasteiger partial charge in [0.2, 0.25) is 5.91 Å². The van der Waals surface area contributed by atoms with Crippen molar-refractivity contribution in [3.05, 3.63) is 64.4 Å². The smallest absolute Gasteiger partial charge is 0.256 e. The Kier molecular flexibility index (Phi) is 4.52. The molecular weight excluding hydrogens is 369 g/mol. The quantitative estimate of drug-likeness (QED) is 0.831. The van der Waals surface area contributed by atoms with Crippen LogP contribution in [0.4, 0.5) is 10.1 Å². The summed E-state index contributed by atoms with van der Waals surface area (Å²) in [6, 6.07) is 11.3. The van der Waals surface area contributed by atoms with Crippen LogP contribution in [0, 0.1) is 5.82 Å². The van der Waals surface area contributed by atoms with Gasteiger partial charge < -0.3 is 15.5 Å². The fourth-order valence-electron chi connectivity index (χ4n) is 3.70. The summed E-state index contributed by atoms with van der Waals surface area (Å²) in [7, 11) is 0. The van der Waals surface area contributed by atoms with Crippen molar-refractivity contribution in [2.24, 2.45) is 0 Å². The predicted molar refractivity (Wildman–Crippen MR) is 101 cm³/mol. The van der Waals surface area contributed by atoms with Gasteiger partial charge in [-0.25, -0.2) is 4.39 Å². The summed E-state index contributed by atoms with van der Waals surface area (Å²) in [5.74, 6) is -0.506. The van der Waals surface area contributed by atoms with E-state index >= 15 is 0 Å². The molecule has 140 valence electrons. The van der Waals surface area contributed by atoms with Crippen LogP contribution in [-0.2, 0) is 11.2 Å². The van der Waals surface area contributed by atoms with Crippen molar-refractivity contribution < 1.29 is 14.0 Å². The predicted octanol–water partition coefficient (Wildman–Crippen LogP) is 3.20. The second-order valence-electron chi connectivity index (χ2n) is 7.01. The molecule has 4 rings (SSSR count). The molecule has 2 N–H and O–H groups in total. The molecule has 0 aliphatic carbocycles. The first-order valence-electron chi connectivity index (χ1n) is 8.87. The van der Waals surface area contributed by atoms with Gasteiger partial charge in [-0.3, -0.25) is 9.59 Å². The number of anilines is 1. The van der Waals surface area contributed by atoms with Gasteiger partial charge in [-0.15, -0.1) is 0 Å². The van der Waals surface area contributed by atoms with Gasteiger partial charge in [-0.05, 0) is 29.8 Å². The molecule has 0 bridgehead atoms. The number of hydrogen-bond donors (Lipinski definition) is 2. The number of hydrogen-bond acceptors (Lipinski definition) is 3. The van der Waals surface area contributed by atoms with Crippen LogP contribution in [0.2, 0.25) is 5.02 Å². The van der Waals surface area contributed by atoms with E-state index in [9.17, 15) is 14.0 Å². The highest BCUT2D eigenvalue weighted by atomic mass is 35.5. The minimum atomic E-state index is -0.568. The number of amides is 2. The molecule has 5 nitrogen and oxygen atoms in total. The normalized spacial score (nSPS) is 17.9. The molecule has 1 fully saturated rings. The van der Waals surface area contributed by atoms with Crippen molar-refractivity contribution in [3.8, 4) is 0 Å². The van der Waals surface area contributed by atoms with E-state index in [1.54, 1.807) is 23.1 Å². The zero-order valence-corrected chi connectivity index (χ0v) is 15.4. The zero-order chi connectivity index (χ0) is 19.0. The Morgan fingerprint density at radius 3 is 2.52 bits per heavy atom. The van der Waals surface area contributed by atoms with Crippen molar-refractivity contribution in [2.75, 3.05) is 18.4 Å². The van der Waals surface area contributed by atoms with E-state index in [1.807, 2.05) is 12.1 Å². The van der Waals surface area contributed by atoms with Gasteiger partial charge in [0.05, 0.1) is 22.7 Å². The van der Waals surface area contributed by atoms with E-state index < -0.39 is 5.66 Å². The van der Waals surface area contributed by atoms with E-state index in [1.165, 1.54) is 12.1 Å². The highest BCUT2D eigenvalue weighted by molar-refractivity contribution is 6.34. The van der Waals surface area contributed by atoms with E-state index in [0.717, 1.165) is 11.3 Å². The molecule has 0 unspecified atom stereocenters. The first-order chi connectivity index (χ1) is 13.0. The van der Waals surface area contributed by atoms with Gasteiger partial charge in [-0.1, -0.05) is 29.8 Å². The van der Waals surface area contributed by atoms with Crippen molar-refractivity contribution in [2.45, 2.75) is 24.9 Å². The Morgan fingerprint density at radius 1 is 1.11 bits per heavy atom. The minimum Gasteiger partial charge on any atom is -0.362 e. The largest absolute Gasteiger partial charge is 0.362 e. The third-order valence-electron chi connectivity index (χ3n) is 5.21. The van der Waals surface area contributed by atoms with Crippen LogP contribution in [0.5, 0.6) is 0 Å². The zero-order valence-electron chi connectivity index (χ0n) is 14.6. The van der Waals surface area contributed by atoms with Crippen LogP contribution >= 0.6 is 11.6 Å². The molecule has 27 heavy (non-hydrogen) atoms. The summed E-state index contributed by atoms with van der Waals surface area (Å²) in [5.41, 5.74) is 1.40. The minimum absolute atomic E-state index is 0.00189. The third kappa shape index (κ3) is 3.49. The summed E-state index contributed by atoms with van der Waals surface area (Å²) in [6.45, 7) is 1.06. The molecule has 1 saturated heterocycles. The Hall–Kier alpha value is -2.60. The van der Waals surface area contributed by atoms with Crippen LogP contribution in [0.15, 0.2) is 42.5 Å². The Balaban J connectivity index is 1.42. The molecule has 2 aromatic carbocycles. The molecule has 7 heteroatoms. The monoisotopic (exact) mass is 387 g/mol. The Morgan fingerprint density at radius 2 is 1.81 bits per heavy atom. The van der Waals surface area contributed by atoms with Gasteiger partial charge in [0.1, 0.15) is 11.5 Å². The van der Waals surface area contributed by atoms with Gasteiger partial charge in [-0.2, -0.15) is 0 Å². The molecule has 0 radical (unpaired) electrons. The summed E-state index contributed by atoms with van der Waals surface area (Å²) in [4.78, 5) is 26.8. The average Bonchev–Trinajstić information content (AvgIpc) is 2.64. The number of benzene rings is 2. The highest BCUT2D eigenvalue weighted by Gasteiger charge is 2.41. The van der Waals surface area contributed by atoms with E-state index in [0.29, 0.717) is 36.5 Å². The second-order valence-corrected chi connectivity index (χ2v) is 7.41. The number of carbonyl (C=O) groups excluding carboxylic acids is 2. The first-order valence-corrected chi connectivity index (χ1v) is 9.25. The van der Waals surface area contributed by atoms with Crippen LogP contribution in [0.3, 0.4) is 0 Å². The highest BCUT2D eigenvalue weighted by Crippen LogP contribution is 2.34. The average molecular weight is 388 g/mol. The van der Waals surface area contributed by atoms with Crippen LogP contribution in [0.25, 0.3) is 0 Å². The number of carbonyl (C=O) groups is 2. The van der Waals surface area contributed by atoms with Crippen molar-refractivity contribution in [1.82, 2.24) is 10.2 Å².